The molecule has 4 aromatic rings. The van der Waals surface area contributed by atoms with Crippen LogP contribution in [0.2, 0.25) is 0 Å². The van der Waals surface area contributed by atoms with E-state index in [-0.39, 0.29) is 0 Å². The summed E-state index contributed by atoms with van der Waals surface area (Å²) < 4.78 is 16.4. The maximum absolute atomic E-state index is 5.47. The van der Waals surface area contributed by atoms with Crippen molar-refractivity contribution >= 4 is 34.3 Å². The molecule has 0 saturated carbocycles. The van der Waals surface area contributed by atoms with Crippen LogP contribution in [-0.2, 0) is 0 Å². The summed E-state index contributed by atoms with van der Waals surface area (Å²) in [6.07, 6.45) is 3.30. The van der Waals surface area contributed by atoms with Crippen LogP contribution in [-0.4, -0.2) is 67.4 Å². The van der Waals surface area contributed by atoms with E-state index >= 15 is 0 Å². The molecule has 1 fully saturated rings. The van der Waals surface area contributed by atoms with Crippen molar-refractivity contribution in [2.24, 2.45) is 0 Å². The Morgan fingerprint density at radius 1 is 0.771 bits per heavy atom. The molecule has 180 valence electrons. The standard InChI is InChI=1S/C25H27N7O3/c1-33-19-15-17(16-20(34-2)22(19)35-3)28-25-29-23-21(26-9-10-27-23)24(30-25)32-13-11-31(12-14-32)18-7-5-4-6-8-18/h4-10,15-16H,11-14H2,1-3H3,(H,27,28,29,30). The van der Waals surface area contributed by atoms with Crippen LogP contribution in [0.4, 0.5) is 23.1 Å². The fourth-order valence-electron chi connectivity index (χ4n) is 4.22. The third-order valence-corrected chi connectivity index (χ3v) is 5.94. The molecular formula is C25H27N7O3. The lowest BCUT2D eigenvalue weighted by Crippen LogP contribution is -2.47. The van der Waals surface area contributed by atoms with E-state index in [9.17, 15) is 0 Å². The summed E-state index contributed by atoms with van der Waals surface area (Å²) in [5, 5.41) is 3.27. The van der Waals surface area contributed by atoms with Gasteiger partial charge in [0.1, 0.15) is 0 Å². The van der Waals surface area contributed by atoms with E-state index in [2.05, 4.69) is 54.3 Å². The van der Waals surface area contributed by atoms with Crippen LogP contribution in [0.15, 0.2) is 54.9 Å². The van der Waals surface area contributed by atoms with Gasteiger partial charge in [0, 0.05) is 62.1 Å². The van der Waals surface area contributed by atoms with E-state index in [1.165, 1.54) is 5.69 Å². The van der Waals surface area contributed by atoms with E-state index in [0.29, 0.717) is 40.0 Å². The number of hydrogen-bond acceptors (Lipinski definition) is 10. The van der Waals surface area contributed by atoms with Gasteiger partial charge in [0.05, 0.1) is 21.3 Å². The Labute approximate surface area is 203 Å². The number of piperazine rings is 1. The monoisotopic (exact) mass is 473 g/mol. The number of benzene rings is 2. The highest BCUT2D eigenvalue weighted by Gasteiger charge is 2.22. The first-order valence-corrected chi connectivity index (χ1v) is 11.3. The van der Waals surface area contributed by atoms with Crippen molar-refractivity contribution in [3.8, 4) is 17.2 Å². The molecule has 1 saturated heterocycles. The molecule has 0 bridgehead atoms. The predicted octanol–water partition coefficient (Wildman–Crippen LogP) is 3.52. The average Bonchev–Trinajstić information content (AvgIpc) is 2.92. The van der Waals surface area contributed by atoms with Gasteiger partial charge in [0.2, 0.25) is 11.7 Å². The molecule has 0 aliphatic carbocycles. The zero-order chi connectivity index (χ0) is 24.2. The van der Waals surface area contributed by atoms with Crippen molar-refractivity contribution in [2.45, 2.75) is 0 Å². The third kappa shape index (κ3) is 4.54. The molecule has 5 rings (SSSR count). The predicted molar refractivity (Wildman–Crippen MR) is 135 cm³/mol. The van der Waals surface area contributed by atoms with E-state index in [4.69, 9.17) is 19.2 Å². The number of rotatable bonds is 7. The number of aromatic nitrogens is 4. The van der Waals surface area contributed by atoms with Crippen molar-refractivity contribution in [2.75, 3.05) is 62.6 Å². The van der Waals surface area contributed by atoms with Crippen LogP contribution < -0.4 is 29.3 Å². The second-order valence-electron chi connectivity index (χ2n) is 7.95. The topological polar surface area (TPSA) is 97.8 Å². The van der Waals surface area contributed by atoms with Gasteiger partial charge < -0.3 is 29.3 Å². The smallest absolute Gasteiger partial charge is 0.231 e. The van der Waals surface area contributed by atoms with Crippen LogP contribution in [0, 0.1) is 0 Å². The maximum Gasteiger partial charge on any atom is 0.231 e. The minimum Gasteiger partial charge on any atom is -0.493 e. The van der Waals surface area contributed by atoms with Crippen molar-refractivity contribution in [3.05, 3.63) is 54.9 Å². The molecule has 3 heterocycles. The third-order valence-electron chi connectivity index (χ3n) is 5.94. The normalized spacial score (nSPS) is 13.6. The lowest BCUT2D eigenvalue weighted by atomic mass is 10.2. The fourth-order valence-corrected chi connectivity index (χ4v) is 4.22. The second-order valence-corrected chi connectivity index (χ2v) is 7.95. The SMILES string of the molecule is COc1cc(Nc2nc(N3CCN(c4ccccc4)CC3)c3nccnc3n2)cc(OC)c1OC. The summed E-state index contributed by atoms with van der Waals surface area (Å²) >= 11 is 0. The van der Waals surface area contributed by atoms with E-state index in [0.717, 1.165) is 32.0 Å². The van der Waals surface area contributed by atoms with Crippen molar-refractivity contribution in [1.82, 2.24) is 19.9 Å². The molecule has 0 unspecified atom stereocenters. The summed E-state index contributed by atoms with van der Waals surface area (Å²) in [5.41, 5.74) is 3.13. The average molecular weight is 474 g/mol. The largest absolute Gasteiger partial charge is 0.493 e. The molecular weight excluding hydrogens is 446 g/mol. The molecule has 2 aromatic heterocycles. The molecule has 35 heavy (non-hydrogen) atoms. The molecule has 0 spiro atoms. The zero-order valence-electron chi connectivity index (χ0n) is 19.9. The summed E-state index contributed by atoms with van der Waals surface area (Å²) in [5.74, 6) is 2.75. The zero-order valence-corrected chi connectivity index (χ0v) is 19.9. The van der Waals surface area contributed by atoms with Crippen molar-refractivity contribution in [3.63, 3.8) is 0 Å². The van der Waals surface area contributed by atoms with Gasteiger partial charge in [0.15, 0.2) is 28.5 Å². The van der Waals surface area contributed by atoms with Gasteiger partial charge in [-0.25, -0.2) is 9.97 Å². The van der Waals surface area contributed by atoms with Crippen LogP contribution in [0.5, 0.6) is 17.2 Å². The molecule has 10 heteroatoms. The minimum atomic E-state index is 0.410. The Hall–Kier alpha value is -4.34. The molecule has 0 amide bonds. The molecule has 1 aliphatic heterocycles. The molecule has 10 nitrogen and oxygen atoms in total. The minimum absolute atomic E-state index is 0.410. The summed E-state index contributed by atoms with van der Waals surface area (Å²) in [4.78, 5) is 23.0. The van der Waals surface area contributed by atoms with E-state index < -0.39 is 0 Å². The van der Waals surface area contributed by atoms with Crippen LogP contribution in [0.25, 0.3) is 11.2 Å². The Balaban J connectivity index is 1.45. The van der Waals surface area contributed by atoms with Gasteiger partial charge in [-0.05, 0) is 12.1 Å². The van der Waals surface area contributed by atoms with Crippen molar-refractivity contribution < 1.29 is 14.2 Å². The summed E-state index contributed by atoms with van der Waals surface area (Å²) in [6, 6.07) is 14.1. The molecule has 0 atom stereocenters. The quantitative estimate of drug-likeness (QED) is 0.429. The number of hydrogen-bond donors (Lipinski definition) is 1. The first kappa shape index (κ1) is 22.5. The van der Waals surface area contributed by atoms with Gasteiger partial charge in [-0.1, -0.05) is 18.2 Å². The molecule has 1 N–H and O–H groups in total. The Morgan fingerprint density at radius 2 is 1.43 bits per heavy atom. The molecule has 1 aliphatic rings. The number of para-hydroxylation sites is 1. The molecule has 2 aromatic carbocycles. The number of ether oxygens (including phenoxy) is 3. The number of anilines is 4. The van der Waals surface area contributed by atoms with Gasteiger partial charge in [0.25, 0.3) is 0 Å². The van der Waals surface area contributed by atoms with Gasteiger partial charge in [-0.2, -0.15) is 9.97 Å². The van der Waals surface area contributed by atoms with Crippen LogP contribution in [0.3, 0.4) is 0 Å². The molecule has 0 radical (unpaired) electrons. The number of fused-ring (bicyclic) bond motifs is 1. The van der Waals surface area contributed by atoms with Gasteiger partial charge in [-0.3, -0.25) is 0 Å². The van der Waals surface area contributed by atoms with Crippen molar-refractivity contribution in [1.29, 1.82) is 0 Å². The fraction of sp³-hybridized carbons (Fsp3) is 0.280. The number of nitrogens with zero attached hydrogens (tertiary/aromatic N) is 6. The second kappa shape index (κ2) is 9.88. The maximum atomic E-state index is 5.47. The first-order valence-electron chi connectivity index (χ1n) is 11.3. The van der Waals surface area contributed by atoms with E-state index in [1.807, 2.05) is 18.2 Å². The van der Waals surface area contributed by atoms with Gasteiger partial charge >= 0.3 is 0 Å². The highest BCUT2D eigenvalue weighted by Crippen LogP contribution is 2.40. The Bertz CT molecular complexity index is 1290. The summed E-state index contributed by atoms with van der Waals surface area (Å²) in [7, 11) is 4.73. The van der Waals surface area contributed by atoms with Crippen LogP contribution in [0.1, 0.15) is 0 Å². The van der Waals surface area contributed by atoms with E-state index in [1.54, 1.807) is 33.7 Å². The van der Waals surface area contributed by atoms with Gasteiger partial charge in [-0.15, -0.1) is 0 Å². The number of methoxy groups -OCH3 is 3. The number of nitrogens with one attached hydrogen (secondary N) is 1. The Morgan fingerprint density at radius 3 is 2.09 bits per heavy atom. The highest BCUT2D eigenvalue weighted by atomic mass is 16.5. The summed E-state index contributed by atoms with van der Waals surface area (Å²) in [6.45, 7) is 3.37. The lowest BCUT2D eigenvalue weighted by Gasteiger charge is -2.36. The first-order chi connectivity index (χ1) is 17.2. The highest BCUT2D eigenvalue weighted by molar-refractivity contribution is 5.84. The Kier molecular flexibility index (Phi) is 6.34. The lowest BCUT2D eigenvalue weighted by molar-refractivity contribution is 0.324. The van der Waals surface area contributed by atoms with Crippen LogP contribution >= 0.6 is 0 Å².